The van der Waals surface area contributed by atoms with Gasteiger partial charge in [-0.15, -0.1) is 0 Å². The molecule has 0 bridgehead atoms. The lowest BCUT2D eigenvalue weighted by atomic mass is 10.2. The summed E-state index contributed by atoms with van der Waals surface area (Å²) in [4.78, 5) is 28.8. The second-order valence-electron chi connectivity index (χ2n) is 7.38. The number of aryl methyl sites for hydroxylation is 1. The molecule has 2 heterocycles. The maximum atomic E-state index is 12.6. The van der Waals surface area contributed by atoms with Crippen molar-refractivity contribution in [3.05, 3.63) is 69.7 Å². The third-order valence-electron chi connectivity index (χ3n) is 5.37. The minimum atomic E-state index is -0.367. The Balaban J connectivity index is 1.25. The first-order valence-electron chi connectivity index (χ1n) is 9.93. The van der Waals surface area contributed by atoms with Crippen LogP contribution in [0.3, 0.4) is 0 Å². The summed E-state index contributed by atoms with van der Waals surface area (Å²) < 4.78 is 6.84. The first kappa shape index (κ1) is 19.7. The molecule has 4 rings (SSSR count). The SMILES string of the molecule is O=C(CCCn1c(=O)oc2ccccc21)N1CCN(Cc2cccc(Cl)c2)CC1. The molecule has 29 heavy (non-hydrogen) atoms. The van der Waals surface area contributed by atoms with Crippen LogP contribution in [0.15, 0.2) is 57.7 Å². The van der Waals surface area contributed by atoms with Crippen LogP contribution in [0.5, 0.6) is 0 Å². The molecule has 0 atom stereocenters. The van der Waals surface area contributed by atoms with Crippen LogP contribution in [0.2, 0.25) is 5.02 Å². The number of benzene rings is 2. The second kappa shape index (κ2) is 8.84. The molecule has 1 aromatic heterocycles. The number of hydrogen-bond donors (Lipinski definition) is 0. The van der Waals surface area contributed by atoms with Crippen molar-refractivity contribution < 1.29 is 9.21 Å². The van der Waals surface area contributed by atoms with Crippen molar-refractivity contribution in [1.29, 1.82) is 0 Å². The standard InChI is InChI=1S/C22H24ClN3O3/c23-18-6-3-5-17(15-18)16-24-11-13-25(14-12-24)21(27)9-4-10-26-19-7-1-2-8-20(19)29-22(26)28/h1-3,5-8,15H,4,9-14,16H2. The molecular weight excluding hydrogens is 390 g/mol. The van der Waals surface area contributed by atoms with Gasteiger partial charge in [0.2, 0.25) is 5.91 Å². The average Bonchev–Trinajstić information content (AvgIpc) is 3.04. The number of piperazine rings is 1. The molecule has 7 heteroatoms. The van der Waals surface area contributed by atoms with E-state index in [1.54, 1.807) is 10.6 Å². The fraction of sp³-hybridized carbons (Fsp3) is 0.364. The van der Waals surface area contributed by atoms with E-state index in [0.717, 1.165) is 43.3 Å². The Morgan fingerprint density at radius 1 is 1.03 bits per heavy atom. The van der Waals surface area contributed by atoms with Crippen LogP contribution < -0.4 is 5.76 Å². The molecule has 0 spiro atoms. The zero-order valence-electron chi connectivity index (χ0n) is 16.2. The Kier molecular flexibility index (Phi) is 6.02. The Labute approximate surface area is 174 Å². The van der Waals surface area contributed by atoms with Crippen molar-refractivity contribution >= 4 is 28.6 Å². The smallest absolute Gasteiger partial charge is 0.408 e. The quantitative estimate of drug-likeness (QED) is 0.621. The molecule has 6 nitrogen and oxygen atoms in total. The third-order valence-corrected chi connectivity index (χ3v) is 5.60. The van der Waals surface area contributed by atoms with Gasteiger partial charge in [0.1, 0.15) is 0 Å². The number of carbonyl (C=O) groups excluding carboxylic acids is 1. The molecule has 1 fully saturated rings. The Bertz CT molecular complexity index is 1050. The van der Waals surface area contributed by atoms with Crippen LogP contribution in [0.25, 0.3) is 11.1 Å². The number of halogens is 1. The summed E-state index contributed by atoms with van der Waals surface area (Å²) >= 11 is 6.06. The predicted octanol–water partition coefficient (Wildman–Crippen LogP) is 3.37. The van der Waals surface area contributed by atoms with Crippen molar-refractivity contribution in [2.45, 2.75) is 25.9 Å². The van der Waals surface area contributed by atoms with Crippen LogP contribution in [-0.4, -0.2) is 46.5 Å². The molecule has 1 amide bonds. The minimum Gasteiger partial charge on any atom is -0.408 e. The van der Waals surface area contributed by atoms with Gasteiger partial charge in [-0.05, 0) is 36.2 Å². The molecule has 152 valence electrons. The summed E-state index contributed by atoms with van der Waals surface area (Å²) in [5.74, 6) is -0.221. The van der Waals surface area contributed by atoms with E-state index in [1.165, 1.54) is 5.56 Å². The Hall–Kier alpha value is -2.57. The lowest BCUT2D eigenvalue weighted by Crippen LogP contribution is -2.48. The summed E-state index contributed by atoms with van der Waals surface area (Å²) in [6.07, 6.45) is 1.05. The topological polar surface area (TPSA) is 58.7 Å². The fourth-order valence-corrected chi connectivity index (χ4v) is 4.03. The zero-order chi connectivity index (χ0) is 20.2. The van der Waals surface area contributed by atoms with Crippen LogP contribution in [-0.2, 0) is 17.9 Å². The van der Waals surface area contributed by atoms with E-state index in [4.69, 9.17) is 16.0 Å². The molecule has 1 aliphatic heterocycles. The van der Waals surface area contributed by atoms with E-state index >= 15 is 0 Å². The molecule has 0 N–H and O–H groups in total. The van der Waals surface area contributed by atoms with Crippen LogP contribution in [0.1, 0.15) is 18.4 Å². The zero-order valence-corrected chi connectivity index (χ0v) is 17.0. The molecule has 1 aliphatic rings. The van der Waals surface area contributed by atoms with E-state index in [1.807, 2.05) is 41.3 Å². The molecular formula is C22H24ClN3O3. The van der Waals surface area contributed by atoms with Gasteiger partial charge in [-0.25, -0.2) is 4.79 Å². The highest BCUT2D eigenvalue weighted by Crippen LogP contribution is 2.15. The molecule has 0 radical (unpaired) electrons. The van der Waals surface area contributed by atoms with Crippen LogP contribution >= 0.6 is 11.6 Å². The van der Waals surface area contributed by atoms with Crippen molar-refractivity contribution in [2.75, 3.05) is 26.2 Å². The largest absolute Gasteiger partial charge is 0.419 e. The number of rotatable bonds is 6. The first-order valence-corrected chi connectivity index (χ1v) is 10.3. The number of para-hydroxylation sites is 2. The molecule has 0 aliphatic carbocycles. The summed E-state index contributed by atoms with van der Waals surface area (Å²) in [5.41, 5.74) is 2.55. The van der Waals surface area contributed by atoms with Gasteiger partial charge >= 0.3 is 5.76 Å². The Morgan fingerprint density at radius 2 is 1.83 bits per heavy atom. The number of oxazole rings is 1. The van der Waals surface area contributed by atoms with Gasteiger partial charge in [0.05, 0.1) is 5.52 Å². The number of aromatic nitrogens is 1. The van der Waals surface area contributed by atoms with Gasteiger partial charge in [0.25, 0.3) is 0 Å². The minimum absolute atomic E-state index is 0.147. The highest BCUT2D eigenvalue weighted by molar-refractivity contribution is 6.30. The maximum absolute atomic E-state index is 12.6. The number of fused-ring (bicyclic) bond motifs is 1. The van der Waals surface area contributed by atoms with Crippen molar-refractivity contribution in [1.82, 2.24) is 14.4 Å². The monoisotopic (exact) mass is 413 g/mol. The van der Waals surface area contributed by atoms with Crippen LogP contribution in [0, 0.1) is 0 Å². The van der Waals surface area contributed by atoms with Gasteiger partial charge in [-0.2, -0.15) is 0 Å². The van der Waals surface area contributed by atoms with Gasteiger partial charge in [0.15, 0.2) is 5.58 Å². The van der Waals surface area contributed by atoms with E-state index in [0.29, 0.717) is 25.0 Å². The summed E-state index contributed by atoms with van der Waals surface area (Å²) in [5, 5.41) is 0.751. The lowest BCUT2D eigenvalue weighted by molar-refractivity contribution is -0.133. The first-order chi connectivity index (χ1) is 14.1. The maximum Gasteiger partial charge on any atom is 0.419 e. The lowest BCUT2D eigenvalue weighted by Gasteiger charge is -2.34. The predicted molar refractivity (Wildman–Crippen MR) is 113 cm³/mol. The van der Waals surface area contributed by atoms with Gasteiger partial charge in [-0.3, -0.25) is 14.3 Å². The van der Waals surface area contributed by atoms with Crippen molar-refractivity contribution in [3.8, 4) is 0 Å². The highest BCUT2D eigenvalue weighted by atomic mass is 35.5. The summed E-state index contributed by atoms with van der Waals surface area (Å²) in [6, 6.07) is 15.3. The van der Waals surface area contributed by atoms with Crippen LogP contribution in [0.4, 0.5) is 0 Å². The summed E-state index contributed by atoms with van der Waals surface area (Å²) in [7, 11) is 0. The molecule has 0 saturated carbocycles. The number of amides is 1. The number of carbonyl (C=O) groups is 1. The molecule has 0 unspecified atom stereocenters. The molecule has 3 aromatic rings. The summed E-state index contributed by atoms with van der Waals surface area (Å²) in [6.45, 7) is 4.49. The van der Waals surface area contributed by atoms with E-state index in [2.05, 4.69) is 11.0 Å². The van der Waals surface area contributed by atoms with Gasteiger partial charge in [-0.1, -0.05) is 35.9 Å². The third kappa shape index (κ3) is 4.71. The van der Waals surface area contributed by atoms with Crippen molar-refractivity contribution in [2.24, 2.45) is 0 Å². The van der Waals surface area contributed by atoms with Crippen molar-refractivity contribution in [3.63, 3.8) is 0 Å². The number of hydrogen-bond acceptors (Lipinski definition) is 4. The average molecular weight is 414 g/mol. The van der Waals surface area contributed by atoms with Gasteiger partial charge in [0, 0.05) is 50.7 Å². The fourth-order valence-electron chi connectivity index (χ4n) is 3.82. The number of nitrogens with zero attached hydrogens (tertiary/aromatic N) is 3. The molecule has 2 aromatic carbocycles. The Morgan fingerprint density at radius 3 is 2.62 bits per heavy atom. The van der Waals surface area contributed by atoms with E-state index in [9.17, 15) is 9.59 Å². The highest BCUT2D eigenvalue weighted by Gasteiger charge is 2.21. The van der Waals surface area contributed by atoms with E-state index < -0.39 is 0 Å². The van der Waals surface area contributed by atoms with Gasteiger partial charge < -0.3 is 9.32 Å². The second-order valence-corrected chi connectivity index (χ2v) is 7.81. The van der Waals surface area contributed by atoms with E-state index in [-0.39, 0.29) is 11.7 Å². The molecule has 1 saturated heterocycles. The normalized spacial score (nSPS) is 15.1.